The molecule has 1 aliphatic rings. The fourth-order valence-electron chi connectivity index (χ4n) is 5.43. The van der Waals surface area contributed by atoms with E-state index in [4.69, 9.17) is 10.5 Å². The molecule has 2 unspecified atom stereocenters. The second kappa shape index (κ2) is 15.0. The van der Waals surface area contributed by atoms with Crippen molar-refractivity contribution in [2.75, 3.05) is 13.2 Å². The Morgan fingerprint density at radius 3 is 2.02 bits per heavy atom. The maximum Gasteiger partial charge on any atom is 0.407 e. The lowest BCUT2D eigenvalue weighted by Gasteiger charge is -2.23. The Labute approximate surface area is 252 Å². The zero-order valence-corrected chi connectivity index (χ0v) is 24.7. The topological polar surface area (TPSA) is 140 Å². The highest BCUT2D eigenvalue weighted by Gasteiger charge is 2.29. The van der Waals surface area contributed by atoms with E-state index in [1.165, 1.54) is 0 Å². The van der Waals surface area contributed by atoms with Crippen LogP contribution in [0.25, 0.3) is 11.1 Å². The molecule has 43 heavy (non-hydrogen) atoms. The van der Waals surface area contributed by atoms with Gasteiger partial charge in [-0.15, -0.1) is 0 Å². The smallest absolute Gasteiger partial charge is 0.407 e. The molecule has 4 amide bonds. The minimum atomic E-state index is -0.908. The summed E-state index contributed by atoms with van der Waals surface area (Å²) in [5.41, 5.74) is 10.9. The summed E-state index contributed by atoms with van der Waals surface area (Å²) in [6, 6.07) is 23.7. The van der Waals surface area contributed by atoms with Crippen molar-refractivity contribution >= 4 is 23.8 Å². The monoisotopic (exact) mass is 584 g/mol. The molecule has 0 bridgehead atoms. The van der Waals surface area contributed by atoms with Gasteiger partial charge in [-0.1, -0.05) is 92.7 Å². The van der Waals surface area contributed by atoms with Gasteiger partial charge in [-0.05, 0) is 53.0 Å². The summed E-state index contributed by atoms with van der Waals surface area (Å²) in [6.07, 6.45) is 0.563. The van der Waals surface area contributed by atoms with E-state index < -0.39 is 30.0 Å². The average molecular weight is 585 g/mol. The molecule has 0 aromatic heterocycles. The largest absolute Gasteiger partial charge is 0.449 e. The van der Waals surface area contributed by atoms with E-state index in [1.807, 2.05) is 68.4 Å². The summed E-state index contributed by atoms with van der Waals surface area (Å²) in [4.78, 5) is 50.5. The molecule has 9 nitrogen and oxygen atoms in total. The third-order valence-corrected chi connectivity index (χ3v) is 7.51. The van der Waals surface area contributed by atoms with Crippen LogP contribution in [0.2, 0.25) is 0 Å². The van der Waals surface area contributed by atoms with Gasteiger partial charge in [0.1, 0.15) is 18.7 Å². The standard InChI is InChI=1S/C34H40N4O5/c1-22(2)19-30(32(35)40)38-33(41)29(37-31(39)20-23-11-4-3-5-12-23)17-10-18-36-34(42)43-21-28-26-15-8-6-13-24(26)25-14-7-9-16-27(25)28/h3-9,11-16,22,28-30H,10,17-21H2,1-2H3,(H2,35,40)(H,36,42)(H,37,39)(H,38,41). The number of primary amides is 1. The number of alkyl carbamates (subject to hydrolysis) is 1. The average Bonchev–Trinajstić information content (AvgIpc) is 3.31. The van der Waals surface area contributed by atoms with Crippen molar-refractivity contribution in [3.63, 3.8) is 0 Å². The zero-order chi connectivity index (χ0) is 30.8. The Balaban J connectivity index is 1.30. The predicted molar refractivity (Wildman–Crippen MR) is 165 cm³/mol. The Morgan fingerprint density at radius 2 is 1.42 bits per heavy atom. The molecule has 0 radical (unpaired) electrons. The maximum absolute atomic E-state index is 13.2. The van der Waals surface area contributed by atoms with Gasteiger partial charge < -0.3 is 26.4 Å². The molecule has 0 spiro atoms. The van der Waals surface area contributed by atoms with E-state index in [-0.39, 0.29) is 43.7 Å². The first kappa shape index (κ1) is 31.3. The van der Waals surface area contributed by atoms with Crippen LogP contribution < -0.4 is 21.7 Å². The molecule has 5 N–H and O–H groups in total. The fourth-order valence-corrected chi connectivity index (χ4v) is 5.43. The molecule has 226 valence electrons. The SMILES string of the molecule is CC(C)CC(NC(=O)C(CCCNC(=O)OCC1c2ccccc2-c2ccccc21)NC(=O)Cc1ccccc1)C(N)=O. The normalized spacial score (nSPS) is 13.4. The summed E-state index contributed by atoms with van der Waals surface area (Å²) in [5, 5.41) is 8.23. The molecular weight excluding hydrogens is 544 g/mol. The number of hydrogen-bond acceptors (Lipinski definition) is 5. The number of ether oxygens (including phenoxy) is 1. The van der Waals surface area contributed by atoms with E-state index in [2.05, 4.69) is 40.2 Å². The molecule has 0 saturated carbocycles. The van der Waals surface area contributed by atoms with Crippen molar-refractivity contribution in [3.05, 3.63) is 95.6 Å². The fraction of sp³-hybridized carbons (Fsp3) is 0.353. The number of hydrogen-bond donors (Lipinski definition) is 4. The van der Waals surface area contributed by atoms with Crippen LogP contribution in [0.3, 0.4) is 0 Å². The van der Waals surface area contributed by atoms with E-state index in [1.54, 1.807) is 0 Å². The Kier molecular flexibility index (Phi) is 10.9. The zero-order valence-electron chi connectivity index (χ0n) is 24.7. The summed E-state index contributed by atoms with van der Waals surface area (Å²) in [6.45, 7) is 4.29. The molecule has 9 heteroatoms. The molecule has 2 atom stereocenters. The van der Waals surface area contributed by atoms with Gasteiger partial charge in [0.05, 0.1) is 6.42 Å². The van der Waals surface area contributed by atoms with Crippen molar-refractivity contribution < 1.29 is 23.9 Å². The minimum Gasteiger partial charge on any atom is -0.449 e. The number of benzene rings is 3. The lowest BCUT2D eigenvalue weighted by molar-refractivity contribution is -0.131. The summed E-state index contributed by atoms with van der Waals surface area (Å²) in [7, 11) is 0. The number of carbonyl (C=O) groups is 4. The van der Waals surface area contributed by atoms with Crippen LogP contribution in [-0.4, -0.2) is 49.1 Å². The lowest BCUT2D eigenvalue weighted by Crippen LogP contribution is -2.53. The minimum absolute atomic E-state index is 0.0462. The highest BCUT2D eigenvalue weighted by atomic mass is 16.5. The number of carbonyl (C=O) groups excluding carboxylic acids is 4. The summed E-state index contributed by atoms with van der Waals surface area (Å²) in [5.74, 6) is -1.36. The predicted octanol–water partition coefficient (Wildman–Crippen LogP) is 4.05. The van der Waals surface area contributed by atoms with Crippen LogP contribution in [0.1, 0.15) is 55.7 Å². The van der Waals surface area contributed by atoms with Crippen molar-refractivity contribution in [2.24, 2.45) is 11.7 Å². The van der Waals surface area contributed by atoms with Crippen LogP contribution in [-0.2, 0) is 25.5 Å². The van der Waals surface area contributed by atoms with Crippen molar-refractivity contribution in [1.82, 2.24) is 16.0 Å². The molecule has 0 fully saturated rings. The molecule has 4 rings (SSSR count). The van der Waals surface area contributed by atoms with E-state index >= 15 is 0 Å². The Bertz CT molecular complexity index is 1380. The number of nitrogens with one attached hydrogen (secondary N) is 3. The van der Waals surface area contributed by atoms with Gasteiger partial charge in [0.15, 0.2) is 0 Å². The molecule has 3 aromatic rings. The second-order valence-electron chi connectivity index (χ2n) is 11.3. The van der Waals surface area contributed by atoms with Gasteiger partial charge in [0.25, 0.3) is 0 Å². The second-order valence-corrected chi connectivity index (χ2v) is 11.3. The van der Waals surface area contributed by atoms with Gasteiger partial charge in [-0.2, -0.15) is 0 Å². The quantitative estimate of drug-likeness (QED) is 0.212. The molecular formula is C34H40N4O5. The van der Waals surface area contributed by atoms with Gasteiger partial charge in [0.2, 0.25) is 17.7 Å². The van der Waals surface area contributed by atoms with E-state index in [0.717, 1.165) is 27.8 Å². The number of fused-ring (bicyclic) bond motifs is 3. The van der Waals surface area contributed by atoms with E-state index in [0.29, 0.717) is 12.8 Å². The van der Waals surface area contributed by atoms with E-state index in [9.17, 15) is 19.2 Å². The van der Waals surface area contributed by atoms with Gasteiger partial charge in [-0.25, -0.2) is 4.79 Å². The Hall–Kier alpha value is -4.66. The van der Waals surface area contributed by atoms with Crippen molar-refractivity contribution in [3.8, 4) is 11.1 Å². The molecule has 0 heterocycles. The van der Waals surface area contributed by atoms with Crippen LogP contribution in [0.15, 0.2) is 78.9 Å². The van der Waals surface area contributed by atoms with Crippen molar-refractivity contribution in [1.29, 1.82) is 0 Å². The van der Waals surface area contributed by atoms with Gasteiger partial charge >= 0.3 is 6.09 Å². The molecule has 3 aromatic carbocycles. The first-order chi connectivity index (χ1) is 20.7. The number of nitrogens with two attached hydrogens (primary N) is 1. The molecule has 0 saturated heterocycles. The third kappa shape index (κ3) is 8.67. The van der Waals surface area contributed by atoms with Crippen LogP contribution in [0.4, 0.5) is 4.79 Å². The van der Waals surface area contributed by atoms with Crippen molar-refractivity contribution in [2.45, 2.75) is 57.5 Å². The van der Waals surface area contributed by atoms with Crippen LogP contribution >= 0.6 is 0 Å². The van der Waals surface area contributed by atoms with Crippen LogP contribution in [0, 0.1) is 5.92 Å². The van der Waals surface area contributed by atoms with Gasteiger partial charge in [0, 0.05) is 12.5 Å². The Morgan fingerprint density at radius 1 is 0.814 bits per heavy atom. The van der Waals surface area contributed by atoms with Gasteiger partial charge in [-0.3, -0.25) is 14.4 Å². The molecule has 0 aliphatic heterocycles. The first-order valence-electron chi connectivity index (χ1n) is 14.7. The number of rotatable bonds is 14. The highest BCUT2D eigenvalue weighted by molar-refractivity contribution is 5.92. The first-order valence-corrected chi connectivity index (χ1v) is 14.7. The maximum atomic E-state index is 13.2. The lowest BCUT2D eigenvalue weighted by atomic mass is 9.98. The third-order valence-electron chi connectivity index (χ3n) is 7.51. The van der Waals surface area contributed by atoms with Crippen LogP contribution in [0.5, 0.6) is 0 Å². The summed E-state index contributed by atoms with van der Waals surface area (Å²) < 4.78 is 5.59. The number of amides is 4. The molecule has 1 aliphatic carbocycles. The summed E-state index contributed by atoms with van der Waals surface area (Å²) >= 11 is 0. The highest BCUT2D eigenvalue weighted by Crippen LogP contribution is 2.44.